The van der Waals surface area contributed by atoms with E-state index < -0.39 is 0 Å². The number of anilines is 1. The zero-order valence-electron chi connectivity index (χ0n) is 14.1. The first-order valence-electron chi connectivity index (χ1n) is 8.08. The molecule has 1 fully saturated rings. The molecule has 7 nitrogen and oxygen atoms in total. The van der Waals surface area contributed by atoms with Crippen LogP contribution < -0.4 is 10.6 Å². The topological polar surface area (TPSA) is 84.6 Å². The van der Waals surface area contributed by atoms with E-state index in [9.17, 15) is 4.79 Å². The third-order valence-electron chi connectivity index (χ3n) is 4.22. The number of ether oxygens (including phenoxy) is 1. The van der Waals surface area contributed by atoms with Crippen LogP contribution in [0.15, 0.2) is 24.5 Å². The van der Waals surface area contributed by atoms with Gasteiger partial charge >= 0.3 is 0 Å². The lowest BCUT2D eigenvalue weighted by atomic mass is 10.1. The van der Waals surface area contributed by atoms with Gasteiger partial charge in [0.05, 0.1) is 24.8 Å². The summed E-state index contributed by atoms with van der Waals surface area (Å²) in [5, 5.41) is 1.06. The Balaban J connectivity index is 1.78. The Hall–Kier alpha value is -2.25. The molecule has 0 aliphatic carbocycles. The third kappa shape index (κ3) is 3.63. The molecule has 1 atom stereocenters. The number of morpholine rings is 1. The summed E-state index contributed by atoms with van der Waals surface area (Å²) in [7, 11) is 1.87. The van der Waals surface area contributed by atoms with Gasteiger partial charge in [-0.15, -0.1) is 0 Å². The standard InChI is InChI=1S/C17H23N5O2/c1-12-4-3-5-14-16(12)19-11-20-17(14)22-6-7-24-13(9-22)8-21(2)10-15(18)23/h3-5,11,13H,6-10H2,1-2H3,(H2,18,23)/t13-/m0/s1. The van der Waals surface area contributed by atoms with Crippen molar-refractivity contribution in [3.05, 3.63) is 30.1 Å². The number of rotatable bonds is 5. The number of likely N-dealkylation sites (N-methyl/N-ethyl adjacent to an activating group) is 1. The Kier molecular flexibility index (Phi) is 4.92. The first kappa shape index (κ1) is 16.6. The lowest BCUT2D eigenvalue weighted by Gasteiger charge is -2.35. The van der Waals surface area contributed by atoms with Crippen molar-refractivity contribution < 1.29 is 9.53 Å². The predicted molar refractivity (Wildman–Crippen MR) is 92.9 cm³/mol. The maximum Gasteiger partial charge on any atom is 0.231 e. The highest BCUT2D eigenvalue weighted by atomic mass is 16.5. The minimum Gasteiger partial charge on any atom is -0.373 e. The Morgan fingerprint density at radius 2 is 2.29 bits per heavy atom. The fraction of sp³-hybridized carbons (Fsp3) is 0.471. The van der Waals surface area contributed by atoms with Crippen LogP contribution in [-0.2, 0) is 9.53 Å². The van der Waals surface area contributed by atoms with Crippen LogP contribution >= 0.6 is 0 Å². The third-order valence-corrected chi connectivity index (χ3v) is 4.22. The summed E-state index contributed by atoms with van der Waals surface area (Å²) in [6, 6.07) is 6.14. The van der Waals surface area contributed by atoms with Crippen molar-refractivity contribution in [1.82, 2.24) is 14.9 Å². The number of nitrogens with zero attached hydrogens (tertiary/aromatic N) is 4. The number of amides is 1. The molecule has 1 aliphatic rings. The van der Waals surface area contributed by atoms with Gasteiger partial charge in [0.1, 0.15) is 12.1 Å². The molecule has 2 N–H and O–H groups in total. The summed E-state index contributed by atoms with van der Waals surface area (Å²) in [5.41, 5.74) is 7.37. The van der Waals surface area contributed by atoms with Gasteiger partial charge in [0, 0.05) is 25.0 Å². The fourth-order valence-electron chi connectivity index (χ4n) is 3.17. The van der Waals surface area contributed by atoms with Crippen molar-refractivity contribution >= 4 is 22.6 Å². The van der Waals surface area contributed by atoms with Gasteiger partial charge in [-0.25, -0.2) is 9.97 Å². The molecule has 24 heavy (non-hydrogen) atoms. The van der Waals surface area contributed by atoms with E-state index in [0.717, 1.165) is 35.4 Å². The average Bonchev–Trinajstić information content (AvgIpc) is 2.54. The minimum absolute atomic E-state index is 0.0120. The van der Waals surface area contributed by atoms with Gasteiger partial charge in [0.15, 0.2) is 0 Å². The fourth-order valence-corrected chi connectivity index (χ4v) is 3.17. The van der Waals surface area contributed by atoms with Crippen molar-refractivity contribution in [2.45, 2.75) is 13.0 Å². The lowest BCUT2D eigenvalue weighted by Crippen LogP contribution is -2.48. The van der Waals surface area contributed by atoms with E-state index in [1.807, 2.05) is 18.0 Å². The number of benzene rings is 1. The lowest BCUT2D eigenvalue weighted by molar-refractivity contribution is -0.119. The van der Waals surface area contributed by atoms with Gasteiger partial charge in [-0.05, 0) is 25.6 Å². The number of aryl methyl sites for hydroxylation is 1. The zero-order valence-corrected chi connectivity index (χ0v) is 14.1. The van der Waals surface area contributed by atoms with E-state index >= 15 is 0 Å². The number of aromatic nitrogens is 2. The molecule has 2 heterocycles. The maximum absolute atomic E-state index is 11.0. The van der Waals surface area contributed by atoms with Crippen LogP contribution in [0.3, 0.4) is 0 Å². The quantitative estimate of drug-likeness (QED) is 0.863. The van der Waals surface area contributed by atoms with Gasteiger partial charge in [-0.1, -0.05) is 12.1 Å². The molecule has 7 heteroatoms. The summed E-state index contributed by atoms with van der Waals surface area (Å²) in [5.74, 6) is 0.608. The monoisotopic (exact) mass is 329 g/mol. The first-order chi connectivity index (χ1) is 11.5. The molecule has 1 aromatic carbocycles. The van der Waals surface area contributed by atoms with E-state index in [-0.39, 0.29) is 18.6 Å². The van der Waals surface area contributed by atoms with Gasteiger partial charge in [0.2, 0.25) is 5.91 Å². The number of carbonyl (C=O) groups excluding carboxylic acids is 1. The van der Waals surface area contributed by atoms with E-state index in [4.69, 9.17) is 10.5 Å². The maximum atomic E-state index is 11.0. The molecule has 0 bridgehead atoms. The molecule has 0 radical (unpaired) electrons. The Labute approximate surface area is 141 Å². The molecule has 1 aromatic heterocycles. The molecular formula is C17H23N5O2. The summed E-state index contributed by atoms with van der Waals surface area (Å²) in [6.45, 7) is 5.09. The van der Waals surface area contributed by atoms with Crippen molar-refractivity contribution in [2.24, 2.45) is 5.73 Å². The Bertz CT molecular complexity index is 736. The smallest absolute Gasteiger partial charge is 0.231 e. The van der Waals surface area contributed by atoms with Crippen molar-refractivity contribution in [3.8, 4) is 0 Å². The largest absolute Gasteiger partial charge is 0.373 e. The minimum atomic E-state index is -0.331. The van der Waals surface area contributed by atoms with Gasteiger partial charge < -0.3 is 15.4 Å². The molecule has 2 aromatic rings. The number of nitrogens with two attached hydrogens (primary N) is 1. The van der Waals surface area contributed by atoms with Crippen LogP contribution in [-0.4, -0.2) is 66.7 Å². The van der Waals surface area contributed by atoms with E-state index in [0.29, 0.717) is 13.2 Å². The Morgan fingerprint density at radius 3 is 3.08 bits per heavy atom. The van der Waals surface area contributed by atoms with Crippen LogP contribution in [0.4, 0.5) is 5.82 Å². The number of primary amides is 1. The number of fused-ring (bicyclic) bond motifs is 1. The molecule has 3 rings (SSSR count). The number of hydrogen-bond donors (Lipinski definition) is 1. The van der Waals surface area contributed by atoms with Crippen LogP contribution in [0, 0.1) is 6.92 Å². The highest BCUT2D eigenvalue weighted by molar-refractivity contribution is 5.91. The molecule has 0 spiro atoms. The Morgan fingerprint density at radius 1 is 1.46 bits per heavy atom. The molecule has 1 amide bonds. The first-order valence-corrected chi connectivity index (χ1v) is 8.08. The van der Waals surface area contributed by atoms with Crippen molar-refractivity contribution in [3.63, 3.8) is 0 Å². The molecular weight excluding hydrogens is 306 g/mol. The average molecular weight is 329 g/mol. The summed E-state index contributed by atoms with van der Waals surface area (Å²) in [6.07, 6.45) is 1.63. The van der Waals surface area contributed by atoms with Crippen LogP contribution in [0.5, 0.6) is 0 Å². The van der Waals surface area contributed by atoms with E-state index in [1.54, 1.807) is 6.33 Å². The van der Waals surface area contributed by atoms with Crippen LogP contribution in [0.25, 0.3) is 10.9 Å². The number of para-hydroxylation sites is 1. The van der Waals surface area contributed by atoms with Crippen molar-refractivity contribution in [1.29, 1.82) is 0 Å². The van der Waals surface area contributed by atoms with Gasteiger partial charge in [-0.2, -0.15) is 0 Å². The summed E-state index contributed by atoms with van der Waals surface area (Å²) >= 11 is 0. The van der Waals surface area contributed by atoms with E-state index in [1.165, 1.54) is 0 Å². The number of hydrogen-bond acceptors (Lipinski definition) is 6. The molecule has 1 aliphatic heterocycles. The highest BCUT2D eigenvalue weighted by Crippen LogP contribution is 2.26. The summed E-state index contributed by atoms with van der Waals surface area (Å²) in [4.78, 5) is 24.1. The van der Waals surface area contributed by atoms with Gasteiger partial charge in [0.25, 0.3) is 0 Å². The second-order valence-electron chi connectivity index (χ2n) is 6.27. The van der Waals surface area contributed by atoms with Crippen LogP contribution in [0.2, 0.25) is 0 Å². The molecule has 128 valence electrons. The van der Waals surface area contributed by atoms with Crippen molar-refractivity contribution in [2.75, 3.05) is 44.7 Å². The molecule has 0 saturated carbocycles. The summed E-state index contributed by atoms with van der Waals surface area (Å²) < 4.78 is 5.84. The second kappa shape index (κ2) is 7.11. The zero-order chi connectivity index (χ0) is 17.1. The van der Waals surface area contributed by atoms with Gasteiger partial charge in [-0.3, -0.25) is 9.69 Å². The second-order valence-corrected chi connectivity index (χ2v) is 6.27. The van der Waals surface area contributed by atoms with E-state index in [2.05, 4.69) is 33.9 Å². The number of carbonyl (C=O) groups is 1. The predicted octanol–water partition coefficient (Wildman–Crippen LogP) is 0.561. The normalized spacial score (nSPS) is 18.3. The van der Waals surface area contributed by atoms with Crippen LogP contribution in [0.1, 0.15) is 5.56 Å². The SMILES string of the molecule is Cc1cccc2c(N3CCO[C@@H](CN(C)CC(N)=O)C3)ncnc12. The molecule has 1 saturated heterocycles. The molecule has 0 unspecified atom stereocenters. The highest BCUT2D eigenvalue weighted by Gasteiger charge is 2.24.